The third-order valence-electron chi connectivity index (χ3n) is 8.24. The van der Waals surface area contributed by atoms with E-state index < -0.39 is 56.8 Å². The van der Waals surface area contributed by atoms with Gasteiger partial charge in [-0.2, -0.15) is 9.65 Å². The molecule has 0 radical (unpaired) electrons. The van der Waals surface area contributed by atoms with Gasteiger partial charge in [-0.15, -0.1) is 0 Å². The van der Waals surface area contributed by atoms with Crippen LogP contribution in [0.3, 0.4) is 0 Å². The van der Waals surface area contributed by atoms with E-state index in [9.17, 15) is 27.5 Å². The zero-order valence-electron chi connectivity index (χ0n) is 27.1. The highest BCUT2D eigenvalue weighted by molar-refractivity contribution is 7.92. The molecular formula is C38H25ClF3N5O5S. The maximum absolute atomic E-state index is 15.3. The van der Waals surface area contributed by atoms with E-state index in [1.807, 2.05) is 0 Å². The van der Waals surface area contributed by atoms with Gasteiger partial charge in [-0.1, -0.05) is 54.1 Å². The van der Waals surface area contributed by atoms with Gasteiger partial charge >= 0.3 is 5.97 Å². The van der Waals surface area contributed by atoms with Crippen LogP contribution >= 0.6 is 11.6 Å². The Labute approximate surface area is 305 Å². The zero-order valence-corrected chi connectivity index (χ0v) is 28.7. The van der Waals surface area contributed by atoms with Crippen LogP contribution in [0.25, 0.3) is 33.2 Å². The van der Waals surface area contributed by atoms with E-state index in [1.54, 1.807) is 48.7 Å². The minimum absolute atomic E-state index is 0.173. The van der Waals surface area contributed by atoms with Crippen molar-refractivity contribution in [2.45, 2.75) is 23.8 Å². The molecule has 2 aromatic heterocycles. The number of nitrogens with one attached hydrogen (secondary N) is 2. The van der Waals surface area contributed by atoms with E-state index in [0.717, 1.165) is 11.6 Å². The van der Waals surface area contributed by atoms with E-state index >= 15 is 8.78 Å². The van der Waals surface area contributed by atoms with E-state index in [-0.39, 0.29) is 17.7 Å². The summed E-state index contributed by atoms with van der Waals surface area (Å²) in [6, 6.07) is 21.4. The maximum Gasteiger partial charge on any atom is 0.326 e. The lowest BCUT2D eigenvalue weighted by Crippen LogP contribution is -2.43. The Kier molecular flexibility index (Phi) is 10.4. The van der Waals surface area contributed by atoms with Crippen LogP contribution in [0.15, 0.2) is 108 Å². The summed E-state index contributed by atoms with van der Waals surface area (Å²) in [4.78, 5) is 33.1. The van der Waals surface area contributed by atoms with Crippen LogP contribution in [0.2, 0.25) is 5.02 Å². The molecule has 0 fully saturated rings. The molecule has 1 amide bonds. The predicted molar refractivity (Wildman–Crippen MR) is 191 cm³/mol. The van der Waals surface area contributed by atoms with Gasteiger partial charge in [0, 0.05) is 46.4 Å². The summed E-state index contributed by atoms with van der Waals surface area (Å²) < 4.78 is 72.1. The number of benzene rings is 4. The molecule has 2 heterocycles. The lowest BCUT2D eigenvalue weighted by molar-refractivity contribution is -0.139. The number of fused-ring (bicyclic) bond motifs is 1. The fraction of sp³-hybridized carbons (Fsp3) is 0.0789. The van der Waals surface area contributed by atoms with Crippen LogP contribution in [-0.2, 0) is 27.7 Å². The first-order chi connectivity index (χ1) is 25.3. The van der Waals surface area contributed by atoms with Crippen molar-refractivity contribution in [1.82, 2.24) is 15.3 Å². The second-order valence-electron chi connectivity index (χ2n) is 11.7. The zero-order chi connectivity index (χ0) is 37.9. The first-order valence-corrected chi connectivity index (χ1v) is 17.5. The maximum atomic E-state index is 15.3. The lowest BCUT2D eigenvalue weighted by atomic mass is 9.94. The SMILES string of the molecule is N#CCc1ccc(-c2ccc(CC(NC(=O)c3c(F)cc(NS(=O)(=O)c4ccc(-c5ccnc(F)c5)cc4)cc3F)C(=O)O)c3cccnc23)c(Cl)c1. The minimum atomic E-state index is -4.37. The quantitative estimate of drug-likeness (QED) is 0.116. The molecule has 0 spiro atoms. The lowest BCUT2D eigenvalue weighted by Gasteiger charge is -2.18. The van der Waals surface area contributed by atoms with Crippen LogP contribution in [-0.4, -0.2) is 41.4 Å². The van der Waals surface area contributed by atoms with Crippen LogP contribution in [0.5, 0.6) is 0 Å². The summed E-state index contributed by atoms with van der Waals surface area (Å²) in [6.07, 6.45) is 2.67. The highest BCUT2D eigenvalue weighted by Gasteiger charge is 2.27. The molecule has 3 N–H and O–H groups in total. The van der Waals surface area contributed by atoms with Crippen LogP contribution < -0.4 is 10.0 Å². The first-order valence-electron chi connectivity index (χ1n) is 15.6. The first kappa shape index (κ1) is 36.5. The van der Waals surface area contributed by atoms with Crippen LogP contribution in [0.4, 0.5) is 18.9 Å². The molecule has 53 heavy (non-hydrogen) atoms. The van der Waals surface area contributed by atoms with E-state index in [0.29, 0.717) is 55.9 Å². The van der Waals surface area contributed by atoms with Gasteiger partial charge in [-0.05, 0) is 64.7 Å². The molecule has 1 atom stereocenters. The normalized spacial score (nSPS) is 11.8. The minimum Gasteiger partial charge on any atom is -0.480 e. The van der Waals surface area contributed by atoms with Gasteiger partial charge in [0.25, 0.3) is 15.9 Å². The Hall–Kier alpha value is -6.30. The number of amides is 1. The summed E-state index contributed by atoms with van der Waals surface area (Å²) in [5, 5.41) is 22.1. The van der Waals surface area contributed by atoms with E-state index in [4.69, 9.17) is 16.9 Å². The number of hydrogen-bond donors (Lipinski definition) is 3. The molecule has 6 rings (SSSR count). The number of nitrogens with zero attached hydrogens (tertiary/aromatic N) is 3. The number of aliphatic carboxylic acids is 1. The molecule has 0 aliphatic carbocycles. The number of pyridine rings is 2. The van der Waals surface area contributed by atoms with Gasteiger partial charge in [-0.3, -0.25) is 14.5 Å². The number of rotatable bonds is 11. The van der Waals surface area contributed by atoms with E-state index in [2.05, 4.69) is 26.1 Å². The Morgan fingerprint density at radius 2 is 1.58 bits per heavy atom. The molecular weight excluding hydrogens is 731 g/mol. The number of halogens is 4. The molecule has 0 bridgehead atoms. The van der Waals surface area contributed by atoms with Crippen molar-refractivity contribution in [3.63, 3.8) is 0 Å². The summed E-state index contributed by atoms with van der Waals surface area (Å²) in [5.74, 6) is -6.48. The average molecular weight is 756 g/mol. The van der Waals surface area contributed by atoms with Crippen molar-refractivity contribution >= 4 is 50.1 Å². The third kappa shape index (κ3) is 7.96. The number of sulfonamides is 1. The monoisotopic (exact) mass is 755 g/mol. The van der Waals surface area contributed by atoms with Crippen LogP contribution in [0.1, 0.15) is 21.5 Å². The number of hydrogen-bond acceptors (Lipinski definition) is 7. The third-order valence-corrected chi connectivity index (χ3v) is 9.95. The highest BCUT2D eigenvalue weighted by atomic mass is 35.5. The summed E-state index contributed by atoms with van der Waals surface area (Å²) in [7, 11) is -4.37. The second kappa shape index (κ2) is 15.1. The number of anilines is 1. The van der Waals surface area contributed by atoms with Crippen molar-refractivity contribution in [3.8, 4) is 28.3 Å². The number of nitriles is 1. The Morgan fingerprint density at radius 1 is 0.868 bits per heavy atom. The summed E-state index contributed by atoms with van der Waals surface area (Å²) in [5.41, 5.74) is 2.19. The van der Waals surface area contributed by atoms with Gasteiger partial charge < -0.3 is 10.4 Å². The van der Waals surface area contributed by atoms with Gasteiger partial charge in [-0.25, -0.2) is 27.0 Å². The number of carbonyl (C=O) groups is 2. The van der Waals surface area contributed by atoms with Crippen molar-refractivity contribution < 1.29 is 36.3 Å². The fourth-order valence-electron chi connectivity index (χ4n) is 5.73. The topological polar surface area (TPSA) is 162 Å². The second-order valence-corrected chi connectivity index (χ2v) is 13.8. The number of aromatic nitrogens is 2. The number of carbonyl (C=O) groups excluding carboxylic acids is 1. The van der Waals surface area contributed by atoms with Crippen molar-refractivity contribution in [1.29, 1.82) is 5.26 Å². The highest BCUT2D eigenvalue weighted by Crippen LogP contribution is 2.35. The Morgan fingerprint density at radius 3 is 2.25 bits per heavy atom. The molecule has 4 aromatic carbocycles. The largest absolute Gasteiger partial charge is 0.480 e. The van der Waals surface area contributed by atoms with Gasteiger partial charge in [0.05, 0.1) is 28.6 Å². The average Bonchev–Trinajstić information content (AvgIpc) is 3.11. The molecule has 0 aliphatic rings. The van der Waals surface area contributed by atoms with Crippen LogP contribution in [0, 0.1) is 28.9 Å². The van der Waals surface area contributed by atoms with Crippen molar-refractivity contribution in [3.05, 3.63) is 143 Å². The molecule has 0 saturated heterocycles. The molecule has 15 heteroatoms. The number of carboxylic acid groups (broad SMARTS) is 1. The predicted octanol–water partition coefficient (Wildman–Crippen LogP) is 7.33. The molecule has 1 unspecified atom stereocenters. The molecule has 0 saturated carbocycles. The smallest absolute Gasteiger partial charge is 0.326 e. The summed E-state index contributed by atoms with van der Waals surface area (Å²) >= 11 is 6.54. The van der Waals surface area contributed by atoms with Gasteiger partial charge in [0.15, 0.2) is 0 Å². The fourth-order valence-corrected chi connectivity index (χ4v) is 7.07. The van der Waals surface area contributed by atoms with E-state index in [1.165, 1.54) is 36.5 Å². The molecule has 0 aliphatic heterocycles. The molecule has 6 aromatic rings. The van der Waals surface area contributed by atoms with Gasteiger partial charge in [0.1, 0.15) is 23.2 Å². The summed E-state index contributed by atoms with van der Waals surface area (Å²) in [6.45, 7) is 0. The number of carboxylic acids is 1. The van der Waals surface area contributed by atoms with Gasteiger partial charge in [0.2, 0.25) is 5.95 Å². The molecule has 266 valence electrons. The van der Waals surface area contributed by atoms with Crippen molar-refractivity contribution in [2.75, 3.05) is 4.72 Å². The Balaban J connectivity index is 1.20. The molecule has 10 nitrogen and oxygen atoms in total. The Bertz CT molecular complexity index is 2540. The van der Waals surface area contributed by atoms with Crippen molar-refractivity contribution in [2.24, 2.45) is 0 Å². The standard InChI is InChI=1S/C38H25ClF3N5O5S/c39-30-16-21(11-13-43)3-9-28(30)29-10-6-24(27-2-1-14-45-36(27)29)17-33(38(49)50)46-37(48)35-31(40)19-25(20-32(35)41)47-53(51,52)26-7-4-22(5-8-26)23-12-15-44-34(42)18-23/h1-10,12,14-16,18-20,33,47H,11,17H2,(H,46,48)(H,49,50).